The largest absolute Gasteiger partial charge is 0.325 e. The van der Waals surface area contributed by atoms with Gasteiger partial charge in [-0.05, 0) is 31.2 Å². The summed E-state index contributed by atoms with van der Waals surface area (Å²) in [5.74, 6) is -0.0417. The number of Topliss-reactive ketones (excluding diaryl/α,β-unsaturated/α-hetero) is 1. The van der Waals surface area contributed by atoms with Crippen LogP contribution in [0, 0.1) is 0 Å². The molecule has 0 aliphatic carbocycles. The number of benzene rings is 1. The fourth-order valence-corrected chi connectivity index (χ4v) is 1.93. The zero-order valence-electron chi connectivity index (χ0n) is 10.3. The molecule has 1 heterocycles. The number of hydrogen-bond acceptors (Lipinski definition) is 4. The molecule has 5 heteroatoms. The van der Waals surface area contributed by atoms with Crippen LogP contribution in [0.4, 0.5) is 5.69 Å². The number of carbonyl (C=O) groups is 2. The molecule has 0 aromatic heterocycles. The van der Waals surface area contributed by atoms with Gasteiger partial charge in [-0.1, -0.05) is 0 Å². The van der Waals surface area contributed by atoms with Crippen LogP contribution in [0.5, 0.6) is 0 Å². The molecule has 2 rings (SSSR count). The molecular formula is C13H17N3O2. The van der Waals surface area contributed by atoms with E-state index in [-0.39, 0.29) is 17.7 Å². The van der Waals surface area contributed by atoms with Gasteiger partial charge in [-0.25, -0.2) is 0 Å². The summed E-state index contributed by atoms with van der Waals surface area (Å²) in [7, 11) is 0. The Bertz CT molecular complexity index is 450. The minimum Gasteiger partial charge on any atom is -0.325 e. The van der Waals surface area contributed by atoms with Gasteiger partial charge in [0.25, 0.3) is 0 Å². The molecule has 1 aromatic carbocycles. The second-order valence-corrected chi connectivity index (χ2v) is 4.64. The van der Waals surface area contributed by atoms with Crippen molar-refractivity contribution in [3.05, 3.63) is 29.8 Å². The van der Waals surface area contributed by atoms with Gasteiger partial charge < -0.3 is 11.1 Å². The smallest absolute Gasteiger partial charge is 0.238 e. The SMILES string of the molecule is CC(=O)c1ccc(NC(=O)CN2CC(N)C2)cc1. The predicted molar refractivity (Wildman–Crippen MR) is 69.5 cm³/mol. The van der Waals surface area contributed by atoms with E-state index >= 15 is 0 Å². The van der Waals surface area contributed by atoms with Gasteiger partial charge >= 0.3 is 0 Å². The van der Waals surface area contributed by atoms with Crippen LogP contribution in [-0.4, -0.2) is 42.3 Å². The lowest BCUT2D eigenvalue weighted by molar-refractivity contribution is -0.118. The number of nitrogens with two attached hydrogens (primary N) is 1. The van der Waals surface area contributed by atoms with Crippen LogP contribution in [0.2, 0.25) is 0 Å². The van der Waals surface area contributed by atoms with Crippen LogP contribution in [0.1, 0.15) is 17.3 Å². The van der Waals surface area contributed by atoms with Crippen molar-refractivity contribution in [2.45, 2.75) is 13.0 Å². The number of ketones is 1. The zero-order valence-corrected chi connectivity index (χ0v) is 10.3. The normalized spacial score (nSPS) is 16.1. The average molecular weight is 247 g/mol. The first-order valence-electron chi connectivity index (χ1n) is 5.93. The highest BCUT2D eigenvalue weighted by molar-refractivity contribution is 5.96. The van der Waals surface area contributed by atoms with Gasteiger partial charge in [-0.3, -0.25) is 14.5 Å². The van der Waals surface area contributed by atoms with Crippen molar-refractivity contribution in [2.75, 3.05) is 25.0 Å². The molecule has 1 fully saturated rings. The lowest BCUT2D eigenvalue weighted by Gasteiger charge is -2.36. The van der Waals surface area contributed by atoms with Crippen LogP contribution >= 0.6 is 0 Å². The molecule has 1 aromatic rings. The van der Waals surface area contributed by atoms with E-state index < -0.39 is 0 Å². The first-order chi connectivity index (χ1) is 8.54. The third kappa shape index (κ3) is 3.15. The lowest BCUT2D eigenvalue weighted by Crippen LogP contribution is -2.57. The van der Waals surface area contributed by atoms with E-state index in [9.17, 15) is 9.59 Å². The molecule has 0 atom stereocenters. The molecule has 0 saturated carbocycles. The molecule has 1 amide bonds. The number of nitrogens with zero attached hydrogens (tertiary/aromatic N) is 1. The third-order valence-corrected chi connectivity index (χ3v) is 2.93. The molecule has 1 aliphatic rings. The summed E-state index contributed by atoms with van der Waals surface area (Å²) in [6.07, 6.45) is 0. The van der Waals surface area contributed by atoms with Gasteiger partial charge in [0.05, 0.1) is 6.54 Å². The minimum absolute atomic E-state index is 0.0162. The molecule has 5 nitrogen and oxygen atoms in total. The van der Waals surface area contributed by atoms with Crippen LogP contribution in [-0.2, 0) is 4.79 Å². The number of amides is 1. The van der Waals surface area contributed by atoms with Crippen molar-refractivity contribution in [3.63, 3.8) is 0 Å². The van der Waals surface area contributed by atoms with Crippen molar-refractivity contribution < 1.29 is 9.59 Å². The Labute approximate surface area is 106 Å². The molecule has 1 aliphatic heterocycles. The fourth-order valence-electron chi connectivity index (χ4n) is 1.93. The van der Waals surface area contributed by atoms with Crippen molar-refractivity contribution in [3.8, 4) is 0 Å². The highest BCUT2D eigenvalue weighted by Gasteiger charge is 2.24. The summed E-state index contributed by atoms with van der Waals surface area (Å²) < 4.78 is 0. The number of rotatable bonds is 4. The summed E-state index contributed by atoms with van der Waals surface area (Å²) in [6, 6.07) is 7.08. The lowest BCUT2D eigenvalue weighted by atomic mass is 10.1. The van der Waals surface area contributed by atoms with Gasteiger partial charge in [0, 0.05) is 30.4 Å². The highest BCUT2D eigenvalue weighted by Crippen LogP contribution is 2.11. The van der Waals surface area contributed by atoms with Crippen molar-refractivity contribution in [1.29, 1.82) is 0 Å². The summed E-state index contributed by atoms with van der Waals surface area (Å²) in [6.45, 7) is 3.43. The molecule has 0 bridgehead atoms. The third-order valence-electron chi connectivity index (χ3n) is 2.93. The first kappa shape index (κ1) is 12.7. The Kier molecular flexibility index (Phi) is 3.74. The molecule has 1 saturated heterocycles. The van der Waals surface area contributed by atoms with E-state index in [0.717, 1.165) is 13.1 Å². The first-order valence-corrected chi connectivity index (χ1v) is 5.93. The van der Waals surface area contributed by atoms with Crippen molar-refractivity contribution >= 4 is 17.4 Å². The second kappa shape index (κ2) is 5.29. The van der Waals surface area contributed by atoms with E-state index in [2.05, 4.69) is 5.32 Å². The predicted octanol–water partition coefficient (Wildman–Crippen LogP) is 0.471. The number of nitrogens with one attached hydrogen (secondary N) is 1. The van der Waals surface area contributed by atoms with Crippen molar-refractivity contribution in [2.24, 2.45) is 5.73 Å². The van der Waals surface area contributed by atoms with Crippen LogP contribution in [0.25, 0.3) is 0 Å². The van der Waals surface area contributed by atoms with E-state index in [1.54, 1.807) is 24.3 Å². The fraction of sp³-hybridized carbons (Fsp3) is 0.385. The van der Waals surface area contributed by atoms with E-state index in [0.29, 0.717) is 17.8 Å². The van der Waals surface area contributed by atoms with Gasteiger partial charge in [0.15, 0.2) is 5.78 Å². The van der Waals surface area contributed by atoms with E-state index in [4.69, 9.17) is 5.73 Å². The Morgan fingerprint density at radius 2 is 1.94 bits per heavy atom. The Hall–Kier alpha value is -1.72. The number of carbonyl (C=O) groups excluding carboxylic acids is 2. The summed E-state index contributed by atoms with van der Waals surface area (Å²) in [5.41, 5.74) is 6.98. The molecule has 0 unspecified atom stereocenters. The number of likely N-dealkylation sites (tertiary alicyclic amines) is 1. The Balaban J connectivity index is 1.85. The van der Waals surface area contributed by atoms with Crippen molar-refractivity contribution in [1.82, 2.24) is 4.90 Å². The maximum absolute atomic E-state index is 11.7. The second-order valence-electron chi connectivity index (χ2n) is 4.64. The number of hydrogen-bond donors (Lipinski definition) is 2. The maximum Gasteiger partial charge on any atom is 0.238 e. The zero-order chi connectivity index (χ0) is 13.1. The Morgan fingerprint density at radius 1 is 1.33 bits per heavy atom. The molecule has 3 N–H and O–H groups in total. The Morgan fingerprint density at radius 3 is 2.44 bits per heavy atom. The van der Waals surface area contributed by atoms with E-state index in [1.807, 2.05) is 4.90 Å². The molecule has 96 valence electrons. The molecule has 0 radical (unpaired) electrons. The monoisotopic (exact) mass is 247 g/mol. The topological polar surface area (TPSA) is 75.4 Å². The van der Waals surface area contributed by atoms with Gasteiger partial charge in [0.1, 0.15) is 0 Å². The summed E-state index contributed by atoms with van der Waals surface area (Å²) >= 11 is 0. The van der Waals surface area contributed by atoms with Gasteiger partial charge in [0.2, 0.25) is 5.91 Å². The van der Waals surface area contributed by atoms with Crippen LogP contribution < -0.4 is 11.1 Å². The molecule has 0 spiro atoms. The van der Waals surface area contributed by atoms with E-state index in [1.165, 1.54) is 6.92 Å². The number of anilines is 1. The van der Waals surface area contributed by atoms with Gasteiger partial charge in [-0.15, -0.1) is 0 Å². The summed E-state index contributed by atoms with van der Waals surface area (Å²) in [5, 5.41) is 2.79. The quantitative estimate of drug-likeness (QED) is 0.758. The summed E-state index contributed by atoms with van der Waals surface area (Å²) in [4.78, 5) is 24.8. The molecular weight excluding hydrogens is 230 g/mol. The highest BCUT2D eigenvalue weighted by atomic mass is 16.2. The van der Waals surface area contributed by atoms with Crippen LogP contribution in [0.3, 0.4) is 0 Å². The minimum atomic E-state index is -0.0579. The van der Waals surface area contributed by atoms with Gasteiger partial charge in [-0.2, -0.15) is 0 Å². The standard InChI is InChI=1S/C13H17N3O2/c1-9(17)10-2-4-12(5-3-10)15-13(18)8-16-6-11(14)7-16/h2-5,11H,6-8,14H2,1H3,(H,15,18). The maximum atomic E-state index is 11.7. The molecule has 18 heavy (non-hydrogen) atoms. The van der Waals surface area contributed by atoms with Crippen LogP contribution in [0.15, 0.2) is 24.3 Å². The average Bonchev–Trinajstić information content (AvgIpc) is 2.27.